The first-order valence-corrected chi connectivity index (χ1v) is 5.92. The zero-order valence-electron chi connectivity index (χ0n) is 8.37. The zero-order valence-corrected chi connectivity index (χ0v) is 10.5. The molecule has 0 N–H and O–H groups in total. The van der Waals surface area contributed by atoms with Gasteiger partial charge in [-0.3, -0.25) is 0 Å². The number of hydrogen-bond acceptors (Lipinski definition) is 2. The highest BCUT2D eigenvalue weighted by Gasteiger charge is 2.29. The van der Waals surface area contributed by atoms with E-state index in [4.69, 9.17) is 4.74 Å². The lowest BCUT2D eigenvalue weighted by Gasteiger charge is -2.06. The van der Waals surface area contributed by atoms with Crippen LogP contribution in [-0.2, 0) is 4.74 Å². The molecule has 0 saturated carbocycles. The van der Waals surface area contributed by atoms with Crippen LogP contribution in [-0.4, -0.2) is 5.97 Å². The SMILES string of the molecule is C/C=C\CC1OC(=O)c2cc(I)ccc21. The van der Waals surface area contributed by atoms with E-state index in [1.165, 1.54) is 0 Å². The van der Waals surface area contributed by atoms with E-state index in [2.05, 4.69) is 22.6 Å². The summed E-state index contributed by atoms with van der Waals surface area (Å²) in [5, 5.41) is 0. The number of halogens is 1. The van der Waals surface area contributed by atoms with Gasteiger partial charge in [-0.2, -0.15) is 0 Å². The maximum atomic E-state index is 11.5. The number of fused-ring (bicyclic) bond motifs is 1. The molecule has 0 fully saturated rings. The summed E-state index contributed by atoms with van der Waals surface area (Å²) < 4.78 is 6.36. The third-order valence-electron chi connectivity index (χ3n) is 2.42. The quantitative estimate of drug-likeness (QED) is 0.475. The zero-order chi connectivity index (χ0) is 10.8. The summed E-state index contributed by atoms with van der Waals surface area (Å²) in [7, 11) is 0. The second-order valence-electron chi connectivity index (χ2n) is 3.43. The average Bonchev–Trinajstić information content (AvgIpc) is 2.53. The molecule has 0 amide bonds. The van der Waals surface area contributed by atoms with Crippen molar-refractivity contribution in [3.05, 3.63) is 45.0 Å². The third-order valence-corrected chi connectivity index (χ3v) is 3.09. The predicted octanol–water partition coefficient (Wildman–Crippen LogP) is 3.47. The highest BCUT2D eigenvalue weighted by atomic mass is 127. The van der Waals surface area contributed by atoms with Gasteiger partial charge >= 0.3 is 5.97 Å². The van der Waals surface area contributed by atoms with Crippen LogP contribution in [0, 0.1) is 3.57 Å². The van der Waals surface area contributed by atoms with Crippen LogP contribution in [0.25, 0.3) is 0 Å². The molecule has 0 bridgehead atoms. The fraction of sp³-hybridized carbons (Fsp3) is 0.250. The molecule has 0 aromatic heterocycles. The molecule has 0 saturated heterocycles. The Bertz CT molecular complexity index is 424. The van der Waals surface area contributed by atoms with Crippen LogP contribution in [0.15, 0.2) is 30.4 Å². The topological polar surface area (TPSA) is 26.3 Å². The van der Waals surface area contributed by atoms with Gasteiger partial charge in [0.25, 0.3) is 0 Å². The molecule has 1 heterocycles. The summed E-state index contributed by atoms with van der Waals surface area (Å²) in [6.45, 7) is 1.96. The molecule has 1 aromatic carbocycles. The standard InChI is InChI=1S/C12H11IO2/c1-2-3-4-11-9-6-5-8(13)7-10(9)12(14)15-11/h2-3,5-7,11H,4H2,1H3/b3-2-. The molecule has 0 radical (unpaired) electrons. The van der Waals surface area contributed by atoms with E-state index in [1.54, 1.807) is 0 Å². The van der Waals surface area contributed by atoms with Crippen LogP contribution in [0.3, 0.4) is 0 Å². The average molecular weight is 314 g/mol. The molecule has 2 rings (SSSR count). The monoisotopic (exact) mass is 314 g/mol. The Morgan fingerprint density at radius 3 is 3.07 bits per heavy atom. The number of rotatable bonds is 2. The van der Waals surface area contributed by atoms with Crippen LogP contribution < -0.4 is 0 Å². The van der Waals surface area contributed by atoms with Crippen LogP contribution in [0.2, 0.25) is 0 Å². The number of allylic oxidation sites excluding steroid dienone is 1. The summed E-state index contributed by atoms with van der Waals surface area (Å²) in [5.74, 6) is -0.196. The minimum absolute atomic E-state index is 0.0966. The molecule has 1 atom stereocenters. The summed E-state index contributed by atoms with van der Waals surface area (Å²) in [6.07, 6.45) is 4.65. The van der Waals surface area contributed by atoms with E-state index >= 15 is 0 Å². The Labute approximate surface area is 102 Å². The van der Waals surface area contributed by atoms with Crippen molar-refractivity contribution in [2.45, 2.75) is 19.4 Å². The van der Waals surface area contributed by atoms with Crippen molar-refractivity contribution in [3.63, 3.8) is 0 Å². The van der Waals surface area contributed by atoms with Gasteiger partial charge in [0.1, 0.15) is 6.10 Å². The van der Waals surface area contributed by atoms with E-state index in [0.29, 0.717) is 0 Å². The molecule has 0 aliphatic carbocycles. The molecule has 1 aliphatic heterocycles. The minimum Gasteiger partial charge on any atom is -0.454 e. The summed E-state index contributed by atoms with van der Waals surface area (Å²) in [6, 6.07) is 5.87. The van der Waals surface area contributed by atoms with Gasteiger partial charge in [0.2, 0.25) is 0 Å². The lowest BCUT2D eigenvalue weighted by Crippen LogP contribution is -1.96. The lowest BCUT2D eigenvalue weighted by molar-refractivity contribution is 0.0392. The smallest absolute Gasteiger partial charge is 0.339 e. The predicted molar refractivity (Wildman–Crippen MR) is 66.7 cm³/mol. The van der Waals surface area contributed by atoms with Crippen molar-refractivity contribution in [2.24, 2.45) is 0 Å². The maximum absolute atomic E-state index is 11.5. The molecule has 1 aromatic rings. The van der Waals surface area contributed by atoms with Crippen LogP contribution in [0.1, 0.15) is 35.4 Å². The molecule has 3 heteroatoms. The maximum Gasteiger partial charge on any atom is 0.339 e. The van der Waals surface area contributed by atoms with Gasteiger partial charge in [-0.1, -0.05) is 18.2 Å². The number of benzene rings is 1. The van der Waals surface area contributed by atoms with E-state index in [0.717, 1.165) is 21.1 Å². The first-order valence-electron chi connectivity index (χ1n) is 4.84. The van der Waals surface area contributed by atoms with Crippen molar-refractivity contribution < 1.29 is 9.53 Å². The van der Waals surface area contributed by atoms with Gasteiger partial charge in [0, 0.05) is 15.6 Å². The van der Waals surface area contributed by atoms with Crippen molar-refractivity contribution in [1.82, 2.24) is 0 Å². The van der Waals surface area contributed by atoms with Gasteiger partial charge in [-0.15, -0.1) is 0 Å². The van der Waals surface area contributed by atoms with Crippen LogP contribution >= 0.6 is 22.6 Å². The largest absolute Gasteiger partial charge is 0.454 e. The molecule has 2 nitrogen and oxygen atoms in total. The van der Waals surface area contributed by atoms with Crippen LogP contribution in [0.4, 0.5) is 0 Å². The second-order valence-corrected chi connectivity index (χ2v) is 4.68. The van der Waals surface area contributed by atoms with Crippen molar-refractivity contribution in [2.75, 3.05) is 0 Å². The van der Waals surface area contributed by atoms with E-state index < -0.39 is 0 Å². The number of carbonyl (C=O) groups is 1. The highest BCUT2D eigenvalue weighted by molar-refractivity contribution is 14.1. The highest BCUT2D eigenvalue weighted by Crippen LogP contribution is 2.33. The van der Waals surface area contributed by atoms with Gasteiger partial charge in [0.05, 0.1) is 5.56 Å². The van der Waals surface area contributed by atoms with E-state index in [1.807, 2.05) is 37.3 Å². The normalized spacial score (nSPS) is 19.3. The Balaban J connectivity index is 2.33. The van der Waals surface area contributed by atoms with E-state index in [-0.39, 0.29) is 12.1 Å². The first kappa shape index (κ1) is 10.7. The number of ether oxygens (including phenoxy) is 1. The van der Waals surface area contributed by atoms with E-state index in [9.17, 15) is 4.79 Å². The molecule has 15 heavy (non-hydrogen) atoms. The fourth-order valence-corrected chi connectivity index (χ4v) is 2.17. The minimum atomic E-state index is -0.196. The van der Waals surface area contributed by atoms with Crippen molar-refractivity contribution in [3.8, 4) is 0 Å². The Morgan fingerprint density at radius 2 is 2.33 bits per heavy atom. The first-order chi connectivity index (χ1) is 7.22. The second kappa shape index (κ2) is 4.35. The van der Waals surface area contributed by atoms with Gasteiger partial charge in [0.15, 0.2) is 0 Å². The summed E-state index contributed by atoms with van der Waals surface area (Å²) >= 11 is 2.20. The Morgan fingerprint density at radius 1 is 1.53 bits per heavy atom. The fourth-order valence-electron chi connectivity index (χ4n) is 1.68. The number of hydrogen-bond donors (Lipinski definition) is 0. The molecule has 0 spiro atoms. The number of carbonyl (C=O) groups excluding carboxylic acids is 1. The molecular weight excluding hydrogens is 303 g/mol. The molecular formula is C12H11IO2. The molecule has 1 unspecified atom stereocenters. The van der Waals surface area contributed by atoms with Gasteiger partial charge in [-0.25, -0.2) is 4.79 Å². The van der Waals surface area contributed by atoms with Crippen molar-refractivity contribution in [1.29, 1.82) is 0 Å². The third kappa shape index (κ3) is 2.07. The van der Waals surface area contributed by atoms with Gasteiger partial charge < -0.3 is 4.74 Å². The Kier molecular flexibility index (Phi) is 3.09. The van der Waals surface area contributed by atoms with Gasteiger partial charge in [-0.05, 0) is 41.6 Å². The molecule has 78 valence electrons. The number of cyclic esters (lactones) is 1. The van der Waals surface area contributed by atoms with Crippen LogP contribution in [0.5, 0.6) is 0 Å². The lowest BCUT2D eigenvalue weighted by atomic mass is 10.0. The summed E-state index contributed by atoms with van der Waals surface area (Å²) in [5.41, 5.74) is 1.73. The Hall–Kier alpha value is -0.840. The molecule has 1 aliphatic rings. The number of esters is 1. The summed E-state index contributed by atoms with van der Waals surface area (Å²) in [4.78, 5) is 11.5. The van der Waals surface area contributed by atoms with Crippen molar-refractivity contribution >= 4 is 28.6 Å².